The van der Waals surface area contributed by atoms with Gasteiger partial charge in [-0.1, -0.05) is 18.2 Å². The number of aryl methyl sites for hydroxylation is 2. The number of amides is 2. The number of hydrogen-bond donors (Lipinski definition) is 4. The number of carbonyl (C=O) groups excluding carboxylic acids is 2. The van der Waals surface area contributed by atoms with Gasteiger partial charge >= 0.3 is 12.2 Å². The predicted octanol–water partition coefficient (Wildman–Crippen LogP) is 8.41. The van der Waals surface area contributed by atoms with Crippen LogP contribution in [0.5, 0.6) is 0 Å². The van der Waals surface area contributed by atoms with Gasteiger partial charge in [0.2, 0.25) is 0 Å². The normalized spacial score (nSPS) is 19.6. The van der Waals surface area contributed by atoms with Gasteiger partial charge in [0.05, 0.1) is 45.0 Å². The van der Waals surface area contributed by atoms with E-state index in [4.69, 9.17) is 29.4 Å². The Hall–Kier alpha value is -5.52. The van der Waals surface area contributed by atoms with Crippen molar-refractivity contribution >= 4 is 45.3 Å². The predicted molar refractivity (Wildman–Crippen MR) is 209 cm³/mol. The Morgan fingerprint density at radius 1 is 0.648 bits per heavy atom. The van der Waals surface area contributed by atoms with Crippen LogP contribution in [-0.4, -0.2) is 65.4 Å². The van der Waals surface area contributed by atoms with Gasteiger partial charge in [-0.15, -0.1) is 0 Å². The number of fused-ring (bicyclic) bond motifs is 3. The van der Waals surface area contributed by atoms with Crippen molar-refractivity contribution in [2.24, 2.45) is 11.8 Å². The van der Waals surface area contributed by atoms with Gasteiger partial charge < -0.3 is 30.1 Å². The molecule has 2 aliphatic rings. The third-order valence-electron chi connectivity index (χ3n) is 9.99. The Kier molecular flexibility index (Phi) is 9.02. The summed E-state index contributed by atoms with van der Waals surface area (Å²) >= 11 is 0. The van der Waals surface area contributed by atoms with Gasteiger partial charge in [0, 0.05) is 30.5 Å². The van der Waals surface area contributed by atoms with Gasteiger partial charge in [-0.2, -0.15) is 0 Å². The second-order valence-corrected chi connectivity index (χ2v) is 16.9. The number of H-pyrrole nitrogens is 2. The Morgan fingerprint density at radius 3 is 1.67 bits per heavy atom. The molecule has 0 aliphatic heterocycles. The average Bonchev–Trinajstić information content (AvgIpc) is 3.92. The number of ether oxygens (including phenoxy) is 2. The number of alkyl carbamates (subject to hydrolysis) is 2. The van der Waals surface area contributed by atoms with E-state index in [1.165, 1.54) is 0 Å². The van der Waals surface area contributed by atoms with Crippen LogP contribution in [-0.2, 0) is 22.3 Å². The standard InChI is InChI=1S/C42H48N8O4/c1-41(2,3)53-39(51)49-31-19-25(31)10-15-37-45-29-13-8-24(18-34(29)47-37)23-7-12-28-33(17-23)43-22-36(44-28)27-9-14-30-35(21-27)48-38(46-30)16-11-26-20-32(26)50-40(52)54-42(4,5)6/h7-9,12-14,17-18,21-22,25-26,31-32H,10-11,15-16,19-20H2,1-6H3,(H,45,47)(H,46,48)(H,49,51)(H,50,52). The molecule has 2 fully saturated rings. The summed E-state index contributed by atoms with van der Waals surface area (Å²) in [5, 5.41) is 5.96. The van der Waals surface area contributed by atoms with Crippen molar-refractivity contribution in [2.45, 2.75) is 103 Å². The van der Waals surface area contributed by atoms with Gasteiger partial charge in [-0.3, -0.25) is 4.98 Å². The summed E-state index contributed by atoms with van der Waals surface area (Å²) < 4.78 is 10.8. The summed E-state index contributed by atoms with van der Waals surface area (Å²) in [4.78, 5) is 50.5. The number of hydrogen-bond acceptors (Lipinski definition) is 8. The fourth-order valence-electron chi connectivity index (χ4n) is 7.08. The highest BCUT2D eigenvalue weighted by Gasteiger charge is 2.39. The average molecular weight is 729 g/mol. The molecular formula is C42H48N8O4. The number of imidazole rings is 2. The summed E-state index contributed by atoms with van der Waals surface area (Å²) in [7, 11) is 0. The van der Waals surface area contributed by atoms with Crippen LogP contribution in [0.1, 0.15) is 78.9 Å². The second-order valence-electron chi connectivity index (χ2n) is 16.9. The highest BCUT2D eigenvalue weighted by Crippen LogP contribution is 2.36. The van der Waals surface area contributed by atoms with Gasteiger partial charge in [0.1, 0.15) is 22.9 Å². The molecule has 0 radical (unpaired) electrons. The number of rotatable bonds is 10. The zero-order chi connectivity index (χ0) is 37.8. The summed E-state index contributed by atoms with van der Waals surface area (Å²) in [6, 6.07) is 18.9. The van der Waals surface area contributed by atoms with E-state index >= 15 is 0 Å². The highest BCUT2D eigenvalue weighted by atomic mass is 16.6. The van der Waals surface area contributed by atoms with E-state index in [2.05, 4.69) is 57.0 Å². The smallest absolute Gasteiger partial charge is 0.407 e. The van der Waals surface area contributed by atoms with E-state index in [0.29, 0.717) is 11.8 Å². The fourth-order valence-corrected chi connectivity index (χ4v) is 7.08. The van der Waals surface area contributed by atoms with Gasteiger partial charge in [0.25, 0.3) is 0 Å². The van der Waals surface area contributed by atoms with Crippen LogP contribution in [0.25, 0.3) is 55.5 Å². The minimum Gasteiger partial charge on any atom is -0.444 e. The van der Waals surface area contributed by atoms with Crippen LogP contribution in [0.15, 0.2) is 60.8 Å². The first-order valence-corrected chi connectivity index (χ1v) is 19.0. The Balaban J connectivity index is 0.877. The maximum Gasteiger partial charge on any atom is 0.407 e. The molecule has 3 heterocycles. The first kappa shape index (κ1) is 35.5. The van der Waals surface area contributed by atoms with E-state index < -0.39 is 11.2 Å². The molecule has 0 spiro atoms. The molecule has 3 aromatic heterocycles. The van der Waals surface area contributed by atoms with E-state index in [9.17, 15) is 9.59 Å². The first-order chi connectivity index (χ1) is 25.7. The maximum atomic E-state index is 12.1. The van der Waals surface area contributed by atoms with Crippen molar-refractivity contribution in [1.29, 1.82) is 0 Å². The second kappa shape index (κ2) is 13.7. The molecule has 54 heavy (non-hydrogen) atoms. The lowest BCUT2D eigenvalue weighted by atomic mass is 10.0. The number of nitrogens with one attached hydrogen (secondary N) is 4. The molecule has 6 aromatic rings. The van der Waals surface area contributed by atoms with Crippen molar-refractivity contribution in [3.8, 4) is 22.4 Å². The molecule has 8 rings (SSSR count). The number of carbonyl (C=O) groups is 2. The van der Waals surface area contributed by atoms with Crippen LogP contribution < -0.4 is 10.6 Å². The van der Waals surface area contributed by atoms with Crippen molar-refractivity contribution in [2.75, 3.05) is 0 Å². The van der Waals surface area contributed by atoms with Gasteiger partial charge in [-0.25, -0.2) is 24.5 Å². The Bertz CT molecular complexity index is 2200. The van der Waals surface area contributed by atoms with E-state index in [0.717, 1.165) is 106 Å². The molecule has 3 aromatic carbocycles. The van der Waals surface area contributed by atoms with Crippen LogP contribution in [0.2, 0.25) is 0 Å². The Labute approximate surface area is 314 Å². The van der Waals surface area contributed by atoms with E-state index in [1.807, 2.05) is 65.9 Å². The van der Waals surface area contributed by atoms with Crippen LogP contribution in [0.4, 0.5) is 9.59 Å². The summed E-state index contributed by atoms with van der Waals surface area (Å²) in [5.41, 5.74) is 8.35. The largest absolute Gasteiger partial charge is 0.444 e. The van der Waals surface area contributed by atoms with Crippen molar-refractivity contribution in [3.05, 3.63) is 72.4 Å². The van der Waals surface area contributed by atoms with Gasteiger partial charge in [0.15, 0.2) is 0 Å². The molecule has 0 saturated heterocycles. The van der Waals surface area contributed by atoms with Crippen molar-refractivity contribution in [1.82, 2.24) is 40.5 Å². The lowest BCUT2D eigenvalue weighted by Gasteiger charge is -2.19. The van der Waals surface area contributed by atoms with E-state index in [1.54, 1.807) is 0 Å². The maximum absolute atomic E-state index is 12.1. The molecule has 0 bridgehead atoms. The Morgan fingerprint density at radius 2 is 1.13 bits per heavy atom. The monoisotopic (exact) mass is 728 g/mol. The zero-order valence-corrected chi connectivity index (χ0v) is 31.7. The SMILES string of the molecule is CC(C)(C)OC(=O)NC1CC1CCc1nc2ccc(-c3ccc4nc(-c5ccc6nc(CCC7CC7NC(=O)OC(C)(C)C)[nH]c6c5)cnc4c3)cc2[nH]1. The topological polar surface area (TPSA) is 160 Å². The third kappa shape index (κ3) is 8.48. The summed E-state index contributed by atoms with van der Waals surface area (Å²) in [5.74, 6) is 2.76. The molecule has 2 aliphatic carbocycles. The lowest BCUT2D eigenvalue weighted by molar-refractivity contribution is 0.0509. The van der Waals surface area contributed by atoms with Gasteiger partial charge in [-0.05, 0) is 127 Å². The fraction of sp³-hybridized carbons (Fsp3) is 0.429. The number of benzene rings is 3. The minimum absolute atomic E-state index is 0.168. The lowest BCUT2D eigenvalue weighted by Crippen LogP contribution is -2.34. The molecule has 280 valence electrons. The molecule has 4 unspecified atom stereocenters. The molecule has 2 amide bonds. The quantitative estimate of drug-likeness (QED) is 0.109. The van der Waals surface area contributed by atoms with Crippen LogP contribution >= 0.6 is 0 Å². The van der Waals surface area contributed by atoms with Crippen LogP contribution in [0, 0.1) is 11.8 Å². The van der Waals surface area contributed by atoms with Crippen molar-refractivity contribution < 1.29 is 19.1 Å². The minimum atomic E-state index is -0.499. The number of aromatic amines is 2. The third-order valence-corrected chi connectivity index (χ3v) is 9.99. The summed E-state index contributed by atoms with van der Waals surface area (Å²) in [6.07, 6.45) is 6.59. The molecule has 2 saturated carbocycles. The number of nitrogens with zero attached hydrogens (tertiary/aromatic N) is 4. The molecular weight excluding hydrogens is 681 g/mol. The van der Waals surface area contributed by atoms with E-state index in [-0.39, 0.29) is 24.3 Å². The molecule has 4 N–H and O–H groups in total. The highest BCUT2D eigenvalue weighted by molar-refractivity contribution is 5.87. The van der Waals surface area contributed by atoms with Crippen molar-refractivity contribution in [3.63, 3.8) is 0 Å². The molecule has 4 atom stereocenters. The number of aromatic nitrogens is 6. The molecule has 12 heteroatoms. The molecule has 12 nitrogen and oxygen atoms in total. The summed E-state index contributed by atoms with van der Waals surface area (Å²) in [6.45, 7) is 11.2. The van der Waals surface area contributed by atoms with Crippen LogP contribution in [0.3, 0.4) is 0 Å². The zero-order valence-electron chi connectivity index (χ0n) is 31.7. The first-order valence-electron chi connectivity index (χ1n) is 19.0.